The molecule has 4 heteroatoms. The molecule has 1 aromatic rings. The minimum atomic E-state index is 0.216. The Kier molecular flexibility index (Phi) is 3.61. The fraction of sp³-hybridized carbons (Fsp3) is 0.750. The van der Waals surface area contributed by atoms with Crippen molar-refractivity contribution >= 4 is 0 Å². The third kappa shape index (κ3) is 2.44. The molecule has 1 fully saturated rings. The number of likely N-dealkylation sites (N-methyl/N-ethyl adjacent to an activating group) is 1. The number of nitrogens with one attached hydrogen (secondary N) is 1. The van der Waals surface area contributed by atoms with Crippen LogP contribution in [0, 0.1) is 5.92 Å². The quantitative estimate of drug-likeness (QED) is 0.794. The lowest BCUT2D eigenvalue weighted by Gasteiger charge is -2.25. The molecule has 90 valence electrons. The molecule has 1 saturated carbocycles. The first-order chi connectivity index (χ1) is 7.76. The van der Waals surface area contributed by atoms with Gasteiger partial charge in [-0.2, -0.15) is 5.10 Å². The molecule has 1 N–H and O–H groups in total. The highest BCUT2D eigenvalue weighted by atomic mass is 16.5. The van der Waals surface area contributed by atoms with Crippen molar-refractivity contribution in [1.82, 2.24) is 15.1 Å². The number of nitrogens with zero attached hydrogens (tertiary/aromatic N) is 2. The molecule has 1 aliphatic rings. The van der Waals surface area contributed by atoms with Crippen LogP contribution >= 0.6 is 0 Å². The van der Waals surface area contributed by atoms with Gasteiger partial charge in [0.15, 0.2) is 0 Å². The zero-order valence-corrected chi connectivity index (χ0v) is 10.3. The van der Waals surface area contributed by atoms with E-state index in [1.807, 2.05) is 25.0 Å². The van der Waals surface area contributed by atoms with Crippen molar-refractivity contribution in [2.24, 2.45) is 13.0 Å². The SMILES string of the molecule is CCOC(C1CC1)C(NC)c1ccn(C)n1. The van der Waals surface area contributed by atoms with Gasteiger partial charge in [-0.3, -0.25) is 4.68 Å². The second kappa shape index (κ2) is 4.97. The van der Waals surface area contributed by atoms with Crippen LogP contribution < -0.4 is 5.32 Å². The van der Waals surface area contributed by atoms with E-state index in [1.165, 1.54) is 12.8 Å². The molecule has 1 aromatic heterocycles. The summed E-state index contributed by atoms with van der Waals surface area (Å²) in [6, 6.07) is 2.28. The third-order valence-electron chi connectivity index (χ3n) is 3.14. The topological polar surface area (TPSA) is 39.1 Å². The zero-order chi connectivity index (χ0) is 11.5. The first-order valence-corrected chi connectivity index (χ1v) is 6.04. The lowest BCUT2D eigenvalue weighted by molar-refractivity contribution is 0.0193. The summed E-state index contributed by atoms with van der Waals surface area (Å²) >= 11 is 0. The molecule has 4 nitrogen and oxygen atoms in total. The van der Waals surface area contributed by atoms with E-state index >= 15 is 0 Å². The highest BCUT2D eigenvalue weighted by Crippen LogP contribution is 2.39. The van der Waals surface area contributed by atoms with Crippen LogP contribution in [0.25, 0.3) is 0 Å². The van der Waals surface area contributed by atoms with E-state index in [9.17, 15) is 0 Å². The molecule has 0 bridgehead atoms. The molecule has 1 aliphatic carbocycles. The van der Waals surface area contributed by atoms with Gasteiger partial charge in [-0.25, -0.2) is 0 Å². The smallest absolute Gasteiger partial charge is 0.0820 e. The summed E-state index contributed by atoms with van der Waals surface area (Å²) in [5.74, 6) is 0.708. The van der Waals surface area contributed by atoms with Crippen molar-refractivity contribution in [2.45, 2.75) is 31.9 Å². The zero-order valence-electron chi connectivity index (χ0n) is 10.3. The van der Waals surface area contributed by atoms with Crippen LogP contribution in [-0.2, 0) is 11.8 Å². The summed E-state index contributed by atoms with van der Waals surface area (Å²) in [5.41, 5.74) is 1.08. The van der Waals surface area contributed by atoms with Crippen LogP contribution in [0.2, 0.25) is 0 Å². The molecule has 0 radical (unpaired) electrons. The molecular weight excluding hydrogens is 202 g/mol. The molecule has 1 heterocycles. The van der Waals surface area contributed by atoms with Crippen molar-refractivity contribution in [3.8, 4) is 0 Å². The highest BCUT2D eigenvalue weighted by molar-refractivity contribution is 5.09. The third-order valence-corrected chi connectivity index (χ3v) is 3.14. The molecular formula is C12H21N3O. The van der Waals surface area contributed by atoms with Crippen LogP contribution in [-0.4, -0.2) is 29.5 Å². The summed E-state index contributed by atoms with van der Waals surface area (Å²) in [6.07, 6.45) is 4.82. The summed E-state index contributed by atoms with van der Waals surface area (Å²) in [5, 5.41) is 7.81. The van der Waals surface area contributed by atoms with Crippen LogP contribution in [0.3, 0.4) is 0 Å². The summed E-state index contributed by atoms with van der Waals surface area (Å²) < 4.78 is 7.71. The van der Waals surface area contributed by atoms with E-state index in [1.54, 1.807) is 0 Å². The van der Waals surface area contributed by atoms with Gasteiger partial charge in [0.2, 0.25) is 0 Å². The normalized spacial score (nSPS) is 19.7. The van der Waals surface area contributed by atoms with Gasteiger partial charge >= 0.3 is 0 Å². The maximum absolute atomic E-state index is 5.87. The van der Waals surface area contributed by atoms with Gasteiger partial charge in [0.05, 0.1) is 17.8 Å². The maximum Gasteiger partial charge on any atom is 0.0820 e. The molecule has 0 aromatic carbocycles. The van der Waals surface area contributed by atoms with Crippen molar-refractivity contribution in [2.75, 3.05) is 13.7 Å². The van der Waals surface area contributed by atoms with E-state index in [-0.39, 0.29) is 12.1 Å². The monoisotopic (exact) mass is 223 g/mol. The predicted octanol–water partition coefficient (Wildman–Crippen LogP) is 1.50. The minimum absolute atomic E-state index is 0.216. The Morgan fingerprint density at radius 3 is 2.81 bits per heavy atom. The fourth-order valence-corrected chi connectivity index (χ4v) is 2.20. The molecule has 0 amide bonds. The summed E-state index contributed by atoms with van der Waals surface area (Å²) in [7, 11) is 3.93. The van der Waals surface area contributed by atoms with Gasteiger partial charge < -0.3 is 10.1 Å². The minimum Gasteiger partial charge on any atom is -0.376 e. The standard InChI is InChI=1S/C12H21N3O/c1-4-16-12(9-5-6-9)11(13-2)10-7-8-15(3)14-10/h7-9,11-13H,4-6H2,1-3H3. The second-order valence-electron chi connectivity index (χ2n) is 4.44. The van der Waals surface area contributed by atoms with Gasteiger partial charge in [-0.15, -0.1) is 0 Å². The first kappa shape index (κ1) is 11.6. The number of hydrogen-bond donors (Lipinski definition) is 1. The lowest BCUT2D eigenvalue weighted by Crippen LogP contribution is -2.33. The average molecular weight is 223 g/mol. The largest absolute Gasteiger partial charge is 0.376 e. The molecule has 16 heavy (non-hydrogen) atoms. The van der Waals surface area contributed by atoms with Crippen molar-refractivity contribution in [3.05, 3.63) is 18.0 Å². The van der Waals surface area contributed by atoms with E-state index in [4.69, 9.17) is 4.74 Å². The van der Waals surface area contributed by atoms with Crippen molar-refractivity contribution in [1.29, 1.82) is 0 Å². The van der Waals surface area contributed by atoms with Crippen LogP contribution in [0.1, 0.15) is 31.5 Å². The van der Waals surface area contributed by atoms with Gasteiger partial charge in [0, 0.05) is 19.9 Å². The number of ether oxygens (including phenoxy) is 1. The molecule has 2 rings (SSSR count). The maximum atomic E-state index is 5.87. The number of aryl methyl sites for hydroxylation is 1. The number of rotatable bonds is 6. The van der Waals surface area contributed by atoms with Gasteiger partial charge in [-0.1, -0.05) is 0 Å². The number of hydrogen-bond acceptors (Lipinski definition) is 3. The van der Waals surface area contributed by atoms with Crippen molar-refractivity contribution in [3.63, 3.8) is 0 Å². The average Bonchev–Trinajstić information content (AvgIpc) is 3.02. The van der Waals surface area contributed by atoms with Gasteiger partial charge in [0.25, 0.3) is 0 Å². The summed E-state index contributed by atoms with van der Waals surface area (Å²) in [6.45, 7) is 2.83. The van der Waals surface area contributed by atoms with Gasteiger partial charge in [0.1, 0.15) is 0 Å². The lowest BCUT2D eigenvalue weighted by atomic mass is 10.0. The van der Waals surface area contributed by atoms with E-state index < -0.39 is 0 Å². The van der Waals surface area contributed by atoms with Crippen LogP contribution in [0.5, 0.6) is 0 Å². The Morgan fingerprint density at radius 2 is 2.38 bits per heavy atom. The van der Waals surface area contributed by atoms with Crippen LogP contribution in [0.4, 0.5) is 0 Å². The molecule has 0 spiro atoms. The Labute approximate surface area is 97.0 Å². The Balaban J connectivity index is 2.12. The molecule has 0 saturated heterocycles. The molecule has 0 aliphatic heterocycles. The van der Waals surface area contributed by atoms with E-state index in [2.05, 4.69) is 23.4 Å². The molecule has 2 atom stereocenters. The van der Waals surface area contributed by atoms with E-state index in [0.29, 0.717) is 5.92 Å². The van der Waals surface area contributed by atoms with Gasteiger partial charge in [-0.05, 0) is 38.8 Å². The fourth-order valence-electron chi connectivity index (χ4n) is 2.20. The second-order valence-corrected chi connectivity index (χ2v) is 4.44. The van der Waals surface area contributed by atoms with Crippen LogP contribution in [0.15, 0.2) is 12.3 Å². The molecule has 2 unspecified atom stereocenters. The summed E-state index contributed by atoms with van der Waals surface area (Å²) in [4.78, 5) is 0. The Hall–Kier alpha value is -0.870. The predicted molar refractivity (Wildman–Crippen MR) is 63.1 cm³/mol. The highest BCUT2D eigenvalue weighted by Gasteiger charge is 2.38. The Bertz CT molecular complexity index is 333. The van der Waals surface area contributed by atoms with E-state index in [0.717, 1.165) is 12.3 Å². The first-order valence-electron chi connectivity index (χ1n) is 6.04. The Morgan fingerprint density at radius 1 is 1.62 bits per heavy atom. The number of aromatic nitrogens is 2. The van der Waals surface area contributed by atoms with Crippen molar-refractivity contribution < 1.29 is 4.74 Å².